The van der Waals surface area contributed by atoms with Crippen molar-refractivity contribution in [1.29, 1.82) is 0 Å². The quantitative estimate of drug-likeness (QED) is 0.857. The van der Waals surface area contributed by atoms with Gasteiger partial charge in [0.2, 0.25) is 5.91 Å². The molecule has 0 radical (unpaired) electrons. The number of rotatable bonds is 3. The van der Waals surface area contributed by atoms with E-state index in [2.05, 4.69) is 0 Å². The molecule has 4 nitrogen and oxygen atoms in total. The SMILES string of the molecule is COc1ccc(C2SCCN2C(=O)C2CCOC2)cc1. The molecule has 2 aliphatic heterocycles. The Morgan fingerprint density at radius 3 is 2.85 bits per heavy atom. The van der Waals surface area contributed by atoms with Crippen LogP contribution in [-0.4, -0.2) is 43.4 Å². The molecule has 0 aliphatic carbocycles. The molecule has 1 aromatic carbocycles. The minimum Gasteiger partial charge on any atom is -0.497 e. The lowest BCUT2D eigenvalue weighted by Gasteiger charge is -2.26. The minimum atomic E-state index is 0.0504. The van der Waals surface area contributed by atoms with Gasteiger partial charge in [0.25, 0.3) is 0 Å². The Hall–Kier alpha value is -1.20. The molecule has 2 unspecified atom stereocenters. The van der Waals surface area contributed by atoms with Crippen LogP contribution in [0.5, 0.6) is 5.75 Å². The van der Waals surface area contributed by atoms with E-state index in [4.69, 9.17) is 9.47 Å². The van der Waals surface area contributed by atoms with Crippen molar-refractivity contribution in [1.82, 2.24) is 4.90 Å². The second-order valence-electron chi connectivity index (χ2n) is 5.09. The van der Waals surface area contributed by atoms with Gasteiger partial charge >= 0.3 is 0 Å². The van der Waals surface area contributed by atoms with Crippen molar-refractivity contribution < 1.29 is 14.3 Å². The third kappa shape index (κ3) is 2.65. The van der Waals surface area contributed by atoms with Crippen LogP contribution in [0.3, 0.4) is 0 Å². The van der Waals surface area contributed by atoms with Gasteiger partial charge in [0.15, 0.2) is 0 Å². The van der Waals surface area contributed by atoms with Crippen LogP contribution in [0.4, 0.5) is 0 Å². The summed E-state index contributed by atoms with van der Waals surface area (Å²) < 4.78 is 10.5. The number of nitrogens with zero attached hydrogens (tertiary/aromatic N) is 1. The molecule has 5 heteroatoms. The lowest BCUT2D eigenvalue weighted by atomic mass is 10.1. The number of hydrogen-bond acceptors (Lipinski definition) is 4. The second-order valence-corrected chi connectivity index (χ2v) is 6.28. The predicted molar refractivity (Wildman–Crippen MR) is 78.8 cm³/mol. The molecule has 2 fully saturated rings. The Bertz CT molecular complexity index is 471. The number of methoxy groups -OCH3 is 1. The van der Waals surface area contributed by atoms with Crippen LogP contribution in [-0.2, 0) is 9.53 Å². The Morgan fingerprint density at radius 1 is 1.40 bits per heavy atom. The topological polar surface area (TPSA) is 38.8 Å². The molecule has 1 amide bonds. The fourth-order valence-corrected chi connectivity index (χ4v) is 3.97. The van der Waals surface area contributed by atoms with Crippen molar-refractivity contribution in [2.45, 2.75) is 11.8 Å². The van der Waals surface area contributed by atoms with E-state index in [-0.39, 0.29) is 17.2 Å². The van der Waals surface area contributed by atoms with Crippen LogP contribution >= 0.6 is 11.8 Å². The van der Waals surface area contributed by atoms with Crippen molar-refractivity contribution in [3.05, 3.63) is 29.8 Å². The maximum atomic E-state index is 12.6. The Kier molecular flexibility index (Phi) is 4.17. The summed E-state index contributed by atoms with van der Waals surface area (Å²) in [4.78, 5) is 14.6. The van der Waals surface area contributed by atoms with Crippen molar-refractivity contribution in [2.24, 2.45) is 5.92 Å². The van der Waals surface area contributed by atoms with Gasteiger partial charge in [-0.3, -0.25) is 4.79 Å². The molecule has 0 spiro atoms. The highest BCUT2D eigenvalue weighted by molar-refractivity contribution is 7.99. The highest BCUT2D eigenvalue weighted by Gasteiger charge is 2.35. The number of thioether (sulfide) groups is 1. The van der Waals surface area contributed by atoms with E-state index in [1.54, 1.807) is 7.11 Å². The first-order chi connectivity index (χ1) is 9.79. The van der Waals surface area contributed by atoms with E-state index >= 15 is 0 Å². The summed E-state index contributed by atoms with van der Waals surface area (Å²) in [6, 6.07) is 8.01. The zero-order chi connectivity index (χ0) is 13.9. The summed E-state index contributed by atoms with van der Waals surface area (Å²) >= 11 is 1.83. The molecule has 2 heterocycles. The molecule has 2 aliphatic rings. The van der Waals surface area contributed by atoms with Crippen LogP contribution < -0.4 is 4.74 Å². The van der Waals surface area contributed by atoms with E-state index in [9.17, 15) is 4.79 Å². The van der Waals surface area contributed by atoms with Gasteiger partial charge in [-0.15, -0.1) is 11.8 Å². The maximum absolute atomic E-state index is 12.6. The molecule has 3 rings (SSSR count). The number of benzene rings is 1. The normalized spacial score (nSPS) is 25.9. The molecule has 0 saturated carbocycles. The number of carbonyl (C=O) groups excluding carboxylic acids is 1. The average Bonchev–Trinajstić information content (AvgIpc) is 3.18. The number of hydrogen-bond donors (Lipinski definition) is 0. The summed E-state index contributed by atoms with van der Waals surface area (Å²) in [6.07, 6.45) is 0.856. The molecular formula is C15H19NO3S. The van der Waals surface area contributed by atoms with Gasteiger partial charge in [0.05, 0.1) is 19.6 Å². The summed E-state index contributed by atoms with van der Waals surface area (Å²) in [7, 11) is 1.66. The van der Waals surface area contributed by atoms with E-state index in [1.165, 1.54) is 5.56 Å². The molecule has 0 bridgehead atoms. The minimum absolute atomic E-state index is 0.0504. The second kappa shape index (κ2) is 6.06. The highest BCUT2D eigenvalue weighted by atomic mass is 32.2. The summed E-state index contributed by atoms with van der Waals surface area (Å²) in [5.41, 5.74) is 1.17. The van der Waals surface area contributed by atoms with Gasteiger partial charge in [-0.05, 0) is 24.1 Å². The van der Waals surface area contributed by atoms with E-state index in [1.807, 2.05) is 40.9 Å². The van der Waals surface area contributed by atoms with Crippen molar-refractivity contribution in [3.8, 4) is 5.75 Å². The van der Waals surface area contributed by atoms with Crippen LogP contribution in [0, 0.1) is 5.92 Å². The fraction of sp³-hybridized carbons (Fsp3) is 0.533. The summed E-state index contributed by atoms with van der Waals surface area (Å²) in [5, 5.41) is 0.133. The van der Waals surface area contributed by atoms with E-state index in [0.717, 1.165) is 24.5 Å². The molecule has 2 saturated heterocycles. The summed E-state index contributed by atoms with van der Waals surface area (Å²) in [5.74, 6) is 2.14. The van der Waals surface area contributed by atoms with Gasteiger partial charge in [-0.2, -0.15) is 0 Å². The van der Waals surface area contributed by atoms with E-state index < -0.39 is 0 Å². The Labute approximate surface area is 123 Å². The van der Waals surface area contributed by atoms with Crippen LogP contribution in [0.15, 0.2) is 24.3 Å². The fourth-order valence-electron chi connectivity index (χ4n) is 2.70. The first-order valence-electron chi connectivity index (χ1n) is 6.93. The zero-order valence-corrected chi connectivity index (χ0v) is 12.4. The van der Waals surface area contributed by atoms with Crippen LogP contribution in [0.25, 0.3) is 0 Å². The highest BCUT2D eigenvalue weighted by Crippen LogP contribution is 2.39. The molecule has 1 aromatic rings. The van der Waals surface area contributed by atoms with Gasteiger partial charge in [-0.25, -0.2) is 0 Å². The van der Waals surface area contributed by atoms with Gasteiger partial charge < -0.3 is 14.4 Å². The third-order valence-corrected chi connectivity index (χ3v) is 5.11. The summed E-state index contributed by atoms with van der Waals surface area (Å²) in [6.45, 7) is 2.12. The first-order valence-corrected chi connectivity index (χ1v) is 7.98. The monoisotopic (exact) mass is 293 g/mol. The van der Waals surface area contributed by atoms with E-state index in [0.29, 0.717) is 13.2 Å². The standard InChI is InChI=1S/C15H19NO3S/c1-18-13-4-2-11(3-5-13)15-16(7-9-20-15)14(17)12-6-8-19-10-12/h2-5,12,15H,6-10H2,1H3. The predicted octanol–water partition coefficient (Wildman–Crippen LogP) is 2.31. The Morgan fingerprint density at radius 2 is 2.20 bits per heavy atom. The van der Waals surface area contributed by atoms with Crippen LogP contribution in [0.1, 0.15) is 17.4 Å². The van der Waals surface area contributed by atoms with Crippen molar-refractivity contribution in [3.63, 3.8) is 0 Å². The molecule has 0 N–H and O–H groups in total. The molecule has 20 heavy (non-hydrogen) atoms. The molecule has 0 aromatic heterocycles. The molecule has 108 valence electrons. The largest absolute Gasteiger partial charge is 0.497 e. The average molecular weight is 293 g/mol. The van der Waals surface area contributed by atoms with Gasteiger partial charge in [-0.1, -0.05) is 12.1 Å². The number of amides is 1. The van der Waals surface area contributed by atoms with Crippen LogP contribution in [0.2, 0.25) is 0 Å². The maximum Gasteiger partial charge on any atom is 0.229 e. The molecule has 2 atom stereocenters. The van der Waals surface area contributed by atoms with Gasteiger partial charge in [0.1, 0.15) is 11.1 Å². The smallest absolute Gasteiger partial charge is 0.229 e. The van der Waals surface area contributed by atoms with Crippen molar-refractivity contribution >= 4 is 17.7 Å². The lowest BCUT2D eigenvalue weighted by Crippen LogP contribution is -2.35. The van der Waals surface area contributed by atoms with Gasteiger partial charge in [0, 0.05) is 18.9 Å². The lowest BCUT2D eigenvalue weighted by molar-refractivity contribution is -0.135. The molecular weight excluding hydrogens is 274 g/mol. The first kappa shape index (κ1) is 13.8. The van der Waals surface area contributed by atoms with Crippen molar-refractivity contribution in [2.75, 3.05) is 32.6 Å². The number of ether oxygens (including phenoxy) is 2. The zero-order valence-electron chi connectivity index (χ0n) is 11.6. The third-order valence-electron chi connectivity index (χ3n) is 3.85. The number of carbonyl (C=O) groups is 1. The Balaban J connectivity index is 1.75.